The lowest BCUT2D eigenvalue weighted by atomic mass is 10.1. The topological polar surface area (TPSA) is 50.8 Å². The van der Waals surface area contributed by atoms with Crippen molar-refractivity contribution in [1.82, 2.24) is 9.55 Å². The van der Waals surface area contributed by atoms with Gasteiger partial charge in [0.05, 0.1) is 18.0 Å². The van der Waals surface area contributed by atoms with E-state index in [0.717, 1.165) is 17.7 Å². The molecule has 0 fully saturated rings. The van der Waals surface area contributed by atoms with Gasteiger partial charge in [-0.25, -0.2) is 4.98 Å². The van der Waals surface area contributed by atoms with E-state index in [1.165, 1.54) is 5.56 Å². The third-order valence-corrected chi connectivity index (χ3v) is 3.69. The van der Waals surface area contributed by atoms with Crippen LogP contribution in [0.1, 0.15) is 36.1 Å². The molecule has 0 aliphatic rings. The maximum absolute atomic E-state index is 9.29. The third-order valence-electron chi connectivity index (χ3n) is 3.69. The fourth-order valence-electron chi connectivity index (χ4n) is 2.48. The summed E-state index contributed by atoms with van der Waals surface area (Å²) in [4.78, 5) is 4.04. The molecule has 4 nitrogen and oxygen atoms in total. The second kappa shape index (κ2) is 8.05. The maximum atomic E-state index is 9.29. The highest BCUT2D eigenvalue weighted by molar-refractivity contribution is 5.51. The zero-order valence-electron chi connectivity index (χ0n) is 14.8. The van der Waals surface area contributed by atoms with E-state index in [1.54, 1.807) is 24.7 Å². The molecule has 1 aromatic heterocycles. The number of imidazole rings is 1. The Morgan fingerprint density at radius 1 is 1.08 bits per heavy atom. The largest absolute Gasteiger partial charge is 0.490 e. The summed E-state index contributed by atoms with van der Waals surface area (Å²) in [5.74, 6) is 6.84. The fourth-order valence-corrected chi connectivity index (χ4v) is 2.48. The maximum Gasteiger partial charge on any atom is 0.137 e. The molecule has 4 heteroatoms. The standard InChI is InChI=1S/C22H19N3O/c1-17(2)26-22-10-9-19(13-21(22)14-23)6-3-18-4-7-20(8-5-18)15-25-12-11-24-16-25/h4-5,7-13,16-17H,15H2,1-2H3. The van der Waals surface area contributed by atoms with Gasteiger partial charge in [0.1, 0.15) is 11.8 Å². The predicted octanol–water partition coefficient (Wildman–Crippen LogP) is 3.99. The average Bonchev–Trinajstić information content (AvgIpc) is 3.14. The van der Waals surface area contributed by atoms with Crippen LogP contribution in [0.2, 0.25) is 0 Å². The Balaban J connectivity index is 1.73. The molecule has 0 bridgehead atoms. The molecule has 0 aliphatic carbocycles. The van der Waals surface area contributed by atoms with Crippen molar-refractivity contribution in [2.45, 2.75) is 26.5 Å². The lowest BCUT2D eigenvalue weighted by Gasteiger charge is -2.10. The van der Waals surface area contributed by atoms with Crippen molar-refractivity contribution in [3.8, 4) is 23.7 Å². The minimum atomic E-state index is 0.0277. The van der Waals surface area contributed by atoms with Crippen molar-refractivity contribution < 1.29 is 4.74 Å². The summed E-state index contributed by atoms with van der Waals surface area (Å²) >= 11 is 0. The summed E-state index contributed by atoms with van der Waals surface area (Å²) in [6, 6.07) is 15.7. The Hall–Kier alpha value is -3.50. The van der Waals surface area contributed by atoms with E-state index in [9.17, 15) is 5.26 Å². The van der Waals surface area contributed by atoms with Gasteiger partial charge >= 0.3 is 0 Å². The highest BCUT2D eigenvalue weighted by Gasteiger charge is 2.05. The van der Waals surface area contributed by atoms with Crippen LogP contribution in [0.5, 0.6) is 5.75 Å². The first-order chi connectivity index (χ1) is 12.6. The summed E-state index contributed by atoms with van der Waals surface area (Å²) in [5, 5.41) is 9.29. The van der Waals surface area contributed by atoms with E-state index in [1.807, 2.05) is 42.8 Å². The van der Waals surface area contributed by atoms with E-state index in [-0.39, 0.29) is 6.10 Å². The highest BCUT2D eigenvalue weighted by atomic mass is 16.5. The molecule has 128 valence electrons. The summed E-state index contributed by atoms with van der Waals surface area (Å²) < 4.78 is 7.65. The molecule has 0 atom stereocenters. The van der Waals surface area contributed by atoms with Crippen LogP contribution in [0.4, 0.5) is 0 Å². The molecule has 0 saturated carbocycles. The number of hydrogen-bond donors (Lipinski definition) is 0. The minimum Gasteiger partial charge on any atom is -0.490 e. The Labute approximate surface area is 153 Å². The van der Waals surface area contributed by atoms with Crippen LogP contribution in [-0.4, -0.2) is 15.7 Å². The van der Waals surface area contributed by atoms with Gasteiger partial charge in [-0.3, -0.25) is 0 Å². The van der Waals surface area contributed by atoms with Crippen molar-refractivity contribution in [3.63, 3.8) is 0 Å². The van der Waals surface area contributed by atoms with Gasteiger partial charge in [-0.15, -0.1) is 0 Å². The summed E-state index contributed by atoms with van der Waals surface area (Å²) in [6.07, 6.45) is 5.53. The van der Waals surface area contributed by atoms with Crippen molar-refractivity contribution in [1.29, 1.82) is 5.26 Å². The van der Waals surface area contributed by atoms with E-state index in [0.29, 0.717) is 11.3 Å². The second-order valence-electron chi connectivity index (χ2n) is 6.17. The zero-order valence-corrected chi connectivity index (χ0v) is 14.8. The molecule has 0 radical (unpaired) electrons. The minimum absolute atomic E-state index is 0.0277. The van der Waals surface area contributed by atoms with Gasteiger partial charge in [-0.1, -0.05) is 24.0 Å². The molecule has 0 saturated heterocycles. The Morgan fingerprint density at radius 2 is 1.81 bits per heavy atom. The molecule has 1 heterocycles. The van der Waals surface area contributed by atoms with Crippen LogP contribution in [0.25, 0.3) is 0 Å². The van der Waals surface area contributed by atoms with Gasteiger partial charge in [-0.2, -0.15) is 5.26 Å². The van der Waals surface area contributed by atoms with E-state index >= 15 is 0 Å². The van der Waals surface area contributed by atoms with Gasteiger partial charge in [0.25, 0.3) is 0 Å². The Kier molecular flexibility index (Phi) is 5.37. The summed E-state index contributed by atoms with van der Waals surface area (Å²) in [7, 11) is 0. The molecule has 3 aromatic rings. The number of nitrogens with zero attached hydrogens (tertiary/aromatic N) is 3. The average molecular weight is 341 g/mol. The highest BCUT2D eigenvalue weighted by Crippen LogP contribution is 2.20. The Bertz CT molecular complexity index is 969. The number of benzene rings is 2. The SMILES string of the molecule is CC(C)Oc1ccc(C#Cc2ccc(Cn3ccnc3)cc2)cc1C#N. The molecular weight excluding hydrogens is 322 g/mol. The number of aromatic nitrogens is 2. The number of rotatable bonds is 4. The van der Waals surface area contributed by atoms with Crippen molar-refractivity contribution in [2.24, 2.45) is 0 Å². The molecule has 3 rings (SSSR count). The first-order valence-corrected chi connectivity index (χ1v) is 8.41. The molecule has 0 aliphatic heterocycles. The van der Waals surface area contributed by atoms with E-state index < -0.39 is 0 Å². The first kappa shape index (κ1) is 17.3. The van der Waals surface area contributed by atoms with E-state index in [2.05, 4.69) is 35.0 Å². The van der Waals surface area contributed by atoms with Crippen LogP contribution in [0.3, 0.4) is 0 Å². The monoisotopic (exact) mass is 341 g/mol. The van der Waals surface area contributed by atoms with Gasteiger partial charge < -0.3 is 9.30 Å². The van der Waals surface area contributed by atoms with Gasteiger partial charge in [0, 0.05) is 30.1 Å². The van der Waals surface area contributed by atoms with Crippen molar-refractivity contribution >= 4 is 0 Å². The zero-order chi connectivity index (χ0) is 18.4. The van der Waals surface area contributed by atoms with Crippen LogP contribution in [-0.2, 0) is 6.54 Å². The molecule has 0 unspecified atom stereocenters. The Morgan fingerprint density at radius 3 is 2.46 bits per heavy atom. The molecule has 0 spiro atoms. The van der Waals surface area contributed by atoms with Crippen LogP contribution >= 0.6 is 0 Å². The van der Waals surface area contributed by atoms with Crippen LogP contribution < -0.4 is 4.74 Å². The van der Waals surface area contributed by atoms with Gasteiger partial charge in [0.15, 0.2) is 0 Å². The molecular formula is C22H19N3O. The lowest BCUT2D eigenvalue weighted by Crippen LogP contribution is -2.06. The quantitative estimate of drug-likeness (QED) is 0.674. The number of nitriles is 1. The van der Waals surface area contributed by atoms with Crippen molar-refractivity contribution in [2.75, 3.05) is 0 Å². The summed E-state index contributed by atoms with van der Waals surface area (Å²) in [6.45, 7) is 4.66. The van der Waals surface area contributed by atoms with E-state index in [4.69, 9.17) is 4.74 Å². The van der Waals surface area contributed by atoms with Crippen LogP contribution in [0, 0.1) is 23.2 Å². The predicted molar refractivity (Wildman–Crippen MR) is 101 cm³/mol. The second-order valence-corrected chi connectivity index (χ2v) is 6.17. The summed E-state index contributed by atoms with van der Waals surface area (Å²) in [5.41, 5.74) is 3.41. The van der Waals surface area contributed by atoms with Crippen molar-refractivity contribution in [3.05, 3.63) is 83.4 Å². The molecule has 26 heavy (non-hydrogen) atoms. The third kappa shape index (κ3) is 4.53. The normalized spacial score (nSPS) is 10.1. The first-order valence-electron chi connectivity index (χ1n) is 8.41. The fraction of sp³-hybridized carbons (Fsp3) is 0.182. The molecule has 0 amide bonds. The number of ether oxygens (including phenoxy) is 1. The van der Waals surface area contributed by atoms with Crippen LogP contribution in [0.15, 0.2) is 61.2 Å². The van der Waals surface area contributed by atoms with Gasteiger partial charge in [0.2, 0.25) is 0 Å². The molecule has 2 aromatic carbocycles. The number of hydrogen-bond acceptors (Lipinski definition) is 3. The molecule has 0 N–H and O–H groups in total. The smallest absolute Gasteiger partial charge is 0.137 e. The van der Waals surface area contributed by atoms with Gasteiger partial charge in [-0.05, 0) is 49.7 Å². The lowest BCUT2D eigenvalue weighted by molar-refractivity contribution is 0.241.